The molecule has 2 atom stereocenters. The molecule has 4 rings (SSSR count). The molecule has 9 nitrogen and oxygen atoms in total. The summed E-state index contributed by atoms with van der Waals surface area (Å²) in [5.41, 5.74) is 0.235. The number of ether oxygens (including phenoxy) is 1. The molecule has 34 heavy (non-hydrogen) atoms. The molecule has 2 aliphatic heterocycles. The van der Waals surface area contributed by atoms with E-state index in [1.165, 1.54) is 22.1 Å². The van der Waals surface area contributed by atoms with Gasteiger partial charge in [-0.05, 0) is 32.9 Å². The fourth-order valence-electron chi connectivity index (χ4n) is 4.45. The van der Waals surface area contributed by atoms with Crippen molar-refractivity contribution in [2.24, 2.45) is 0 Å². The number of hydrogen-bond acceptors (Lipinski definition) is 7. The number of nitrogens with zero attached hydrogens (tertiary/aromatic N) is 4. The Hall–Kier alpha value is -2.66. The van der Waals surface area contributed by atoms with Crippen LogP contribution in [0, 0.1) is 5.82 Å². The molecule has 1 aromatic carbocycles. The van der Waals surface area contributed by atoms with E-state index in [-0.39, 0.29) is 35.3 Å². The number of likely N-dealkylation sites (N-methyl/N-ethyl adjacent to an activating group) is 1. The third-order valence-electron chi connectivity index (χ3n) is 5.86. The maximum atomic E-state index is 14.7. The number of benzene rings is 1. The van der Waals surface area contributed by atoms with Crippen LogP contribution in [0.3, 0.4) is 0 Å². The lowest BCUT2D eigenvalue weighted by molar-refractivity contribution is -0.121. The number of fused-ring (bicyclic) bond motifs is 5. The lowest BCUT2D eigenvalue weighted by atomic mass is 9.99. The summed E-state index contributed by atoms with van der Waals surface area (Å²) in [6, 6.07) is 1.44. The first-order chi connectivity index (χ1) is 15.7. The number of hydrogen-bond donors (Lipinski definition) is 0. The summed E-state index contributed by atoms with van der Waals surface area (Å²) in [6.45, 7) is 5.08. The van der Waals surface area contributed by atoms with Crippen molar-refractivity contribution in [3.63, 3.8) is 0 Å². The molecule has 2 aliphatic rings. The average Bonchev–Trinajstić information content (AvgIpc) is 2.71. The van der Waals surface area contributed by atoms with Gasteiger partial charge in [-0.15, -0.1) is 0 Å². The molecule has 0 bridgehead atoms. The second-order valence-electron chi connectivity index (χ2n) is 9.69. The van der Waals surface area contributed by atoms with E-state index in [1.807, 2.05) is 0 Å². The highest BCUT2D eigenvalue weighted by Gasteiger charge is 2.47. The minimum atomic E-state index is -3.49. The van der Waals surface area contributed by atoms with Crippen molar-refractivity contribution < 1.29 is 27.1 Å². The number of anilines is 2. The monoisotopic (exact) mass is 512 g/mol. The van der Waals surface area contributed by atoms with Gasteiger partial charge >= 0.3 is 6.09 Å². The van der Waals surface area contributed by atoms with Gasteiger partial charge in [-0.1, -0.05) is 11.6 Å². The summed E-state index contributed by atoms with van der Waals surface area (Å²) in [4.78, 5) is 34.9. The van der Waals surface area contributed by atoms with Crippen LogP contribution >= 0.6 is 11.6 Å². The van der Waals surface area contributed by atoms with Gasteiger partial charge in [0.05, 0.1) is 40.9 Å². The molecule has 1 saturated heterocycles. The summed E-state index contributed by atoms with van der Waals surface area (Å²) in [6.07, 6.45) is 1.79. The van der Waals surface area contributed by atoms with Gasteiger partial charge in [-0.25, -0.2) is 17.6 Å². The van der Waals surface area contributed by atoms with E-state index in [9.17, 15) is 22.4 Å². The molecule has 1 fully saturated rings. The van der Waals surface area contributed by atoms with Crippen molar-refractivity contribution in [2.45, 2.75) is 38.5 Å². The van der Waals surface area contributed by atoms with Crippen LogP contribution in [-0.2, 0) is 19.4 Å². The van der Waals surface area contributed by atoms with E-state index in [4.69, 9.17) is 16.3 Å². The van der Waals surface area contributed by atoms with Gasteiger partial charge in [0, 0.05) is 25.2 Å². The second-order valence-corrected chi connectivity index (χ2v) is 12.3. The van der Waals surface area contributed by atoms with Crippen molar-refractivity contribution >= 4 is 55.7 Å². The highest BCUT2D eigenvalue weighted by Crippen LogP contribution is 2.43. The number of halogens is 2. The Kier molecular flexibility index (Phi) is 5.92. The first-order valence-electron chi connectivity index (χ1n) is 10.7. The largest absolute Gasteiger partial charge is 0.444 e. The van der Waals surface area contributed by atoms with Crippen molar-refractivity contribution in [3.05, 3.63) is 29.2 Å². The molecule has 0 N–H and O–H groups in total. The zero-order valence-electron chi connectivity index (χ0n) is 19.5. The molecular formula is C22H26ClFN4O5S. The van der Waals surface area contributed by atoms with Gasteiger partial charge in [-0.3, -0.25) is 14.7 Å². The highest BCUT2D eigenvalue weighted by atomic mass is 35.5. The number of sulfone groups is 1. The van der Waals surface area contributed by atoms with Gasteiger partial charge in [0.2, 0.25) is 0 Å². The highest BCUT2D eigenvalue weighted by molar-refractivity contribution is 7.90. The van der Waals surface area contributed by atoms with Crippen LogP contribution in [0.1, 0.15) is 20.8 Å². The first-order valence-corrected chi connectivity index (χ1v) is 13.1. The van der Waals surface area contributed by atoms with Gasteiger partial charge < -0.3 is 14.5 Å². The Balaban J connectivity index is 1.85. The Bertz CT molecular complexity index is 1300. The van der Waals surface area contributed by atoms with Crippen LogP contribution in [0.5, 0.6) is 0 Å². The molecule has 0 unspecified atom stereocenters. The Morgan fingerprint density at radius 1 is 1.29 bits per heavy atom. The normalized spacial score (nSPS) is 20.9. The third-order valence-corrected chi connectivity index (χ3v) is 7.15. The number of aromatic nitrogens is 1. The molecule has 0 spiro atoms. The van der Waals surface area contributed by atoms with Crippen LogP contribution in [0.2, 0.25) is 5.02 Å². The van der Waals surface area contributed by atoms with Crippen LogP contribution in [0.15, 0.2) is 18.3 Å². The Labute approximate surface area is 202 Å². The molecular weight excluding hydrogens is 487 g/mol. The zero-order chi connectivity index (χ0) is 25.2. The molecule has 2 amide bonds. The number of piperazine rings is 1. The fourth-order valence-corrected chi connectivity index (χ4v) is 5.59. The van der Waals surface area contributed by atoms with Crippen LogP contribution < -0.4 is 9.80 Å². The first kappa shape index (κ1) is 24.5. The van der Waals surface area contributed by atoms with E-state index < -0.39 is 39.4 Å². The number of pyridine rings is 1. The summed E-state index contributed by atoms with van der Waals surface area (Å²) in [5.74, 6) is -1.30. The van der Waals surface area contributed by atoms with Crippen molar-refractivity contribution in [3.8, 4) is 0 Å². The number of carbonyl (C=O) groups is 2. The number of rotatable bonds is 2. The Morgan fingerprint density at radius 2 is 1.97 bits per heavy atom. The molecule has 0 aliphatic carbocycles. The molecule has 0 saturated carbocycles. The van der Waals surface area contributed by atoms with Crippen LogP contribution in [0.25, 0.3) is 10.9 Å². The molecule has 3 heterocycles. The topological polar surface area (TPSA) is 100 Å². The lowest BCUT2D eigenvalue weighted by Gasteiger charge is -2.50. The molecule has 184 valence electrons. The molecule has 1 aromatic heterocycles. The predicted octanol–water partition coefficient (Wildman–Crippen LogP) is 2.84. The third kappa shape index (κ3) is 4.38. The van der Waals surface area contributed by atoms with E-state index in [1.54, 1.807) is 38.8 Å². The van der Waals surface area contributed by atoms with Crippen molar-refractivity contribution in [1.82, 2.24) is 9.88 Å². The van der Waals surface area contributed by atoms with Crippen LogP contribution in [0.4, 0.5) is 20.6 Å². The maximum absolute atomic E-state index is 14.7. The summed E-state index contributed by atoms with van der Waals surface area (Å²) >= 11 is 5.94. The molecule has 12 heteroatoms. The zero-order valence-corrected chi connectivity index (χ0v) is 21.1. The quantitative estimate of drug-likeness (QED) is 0.610. The maximum Gasteiger partial charge on any atom is 0.410 e. The van der Waals surface area contributed by atoms with Crippen LogP contribution in [-0.4, -0.2) is 80.1 Å². The van der Waals surface area contributed by atoms with Gasteiger partial charge in [0.25, 0.3) is 5.91 Å². The van der Waals surface area contributed by atoms with E-state index >= 15 is 0 Å². The van der Waals surface area contributed by atoms with E-state index in [0.717, 1.165) is 6.26 Å². The molecule has 0 radical (unpaired) electrons. The summed E-state index contributed by atoms with van der Waals surface area (Å²) < 4.78 is 44.7. The van der Waals surface area contributed by atoms with Crippen molar-refractivity contribution in [2.75, 3.05) is 41.9 Å². The minimum Gasteiger partial charge on any atom is -0.444 e. The van der Waals surface area contributed by atoms with Gasteiger partial charge in [0.15, 0.2) is 5.82 Å². The van der Waals surface area contributed by atoms with Gasteiger partial charge in [0.1, 0.15) is 27.0 Å². The van der Waals surface area contributed by atoms with E-state index in [2.05, 4.69) is 4.98 Å². The smallest absolute Gasteiger partial charge is 0.410 e. The second kappa shape index (κ2) is 8.23. The number of amides is 2. The van der Waals surface area contributed by atoms with Crippen molar-refractivity contribution in [1.29, 1.82) is 0 Å². The summed E-state index contributed by atoms with van der Waals surface area (Å²) in [7, 11) is -1.91. The summed E-state index contributed by atoms with van der Waals surface area (Å²) in [5, 5.41) is 0.356. The van der Waals surface area contributed by atoms with E-state index in [0.29, 0.717) is 16.8 Å². The average molecular weight is 513 g/mol. The number of carbonyl (C=O) groups excluding carboxylic acids is 2. The Morgan fingerprint density at radius 3 is 2.59 bits per heavy atom. The molecule has 2 aromatic rings. The fraction of sp³-hybridized carbons (Fsp3) is 0.500. The van der Waals surface area contributed by atoms with Gasteiger partial charge in [-0.2, -0.15) is 0 Å². The predicted molar refractivity (Wildman–Crippen MR) is 128 cm³/mol. The SMILES string of the molecule is CN1C(=O)[C@@H]2CN(C(=O)OC(C)(C)C)[C@@H](CS(C)(=O)=O)CN2c2c1cnc1c(F)c(Cl)ccc21. The lowest BCUT2D eigenvalue weighted by Crippen LogP contribution is -2.67. The minimum absolute atomic E-state index is 0.0346. The standard InChI is InChI=1S/C22H26ClFN4O5S/c1-22(2,3)33-21(30)27-10-16-20(29)26(4)15-8-25-18-13(6-7-14(23)17(18)24)19(15)28(16)9-12(27)11-34(5,31)32/h6-8,12,16H,9-11H2,1-5H3/t12-,16+/m1/s1.